The van der Waals surface area contributed by atoms with Crippen LogP contribution in [0.15, 0.2) is 12.2 Å². The van der Waals surface area contributed by atoms with Gasteiger partial charge in [0.25, 0.3) is 0 Å². The van der Waals surface area contributed by atoms with Crippen molar-refractivity contribution in [3.63, 3.8) is 0 Å². The number of esters is 2. The van der Waals surface area contributed by atoms with E-state index in [-0.39, 0.29) is 42.7 Å². The number of nitrogens with zero attached hydrogens (tertiary/aromatic N) is 1. The van der Waals surface area contributed by atoms with Crippen LogP contribution in [0.25, 0.3) is 0 Å². The molecule has 8 nitrogen and oxygen atoms in total. The van der Waals surface area contributed by atoms with Gasteiger partial charge in [0.15, 0.2) is 6.10 Å². The van der Waals surface area contributed by atoms with Crippen LogP contribution in [0.3, 0.4) is 0 Å². The van der Waals surface area contributed by atoms with Crippen LogP contribution in [0.5, 0.6) is 0 Å². The monoisotopic (exact) mass is 864 g/mol. The first-order valence-electron chi connectivity index (χ1n) is 26.2. The molecule has 2 atom stereocenters. The van der Waals surface area contributed by atoms with Crippen molar-refractivity contribution < 1.29 is 38.2 Å². The molecular weight excluding hydrogens is 763 g/mol. The van der Waals surface area contributed by atoms with Crippen LogP contribution in [-0.2, 0) is 28.6 Å². The highest BCUT2D eigenvalue weighted by molar-refractivity contribution is 5.70. The van der Waals surface area contributed by atoms with Gasteiger partial charge in [-0.1, -0.05) is 212 Å². The minimum Gasteiger partial charge on any atom is -0.544 e. The second-order valence-electron chi connectivity index (χ2n) is 19.1. The SMILES string of the molecule is CCCCCCCCCC/C=C\CCCCCCCCCCCCCC(=O)OC(COCCC(C(=O)[O-])[N+](C)(C)C)COC(=O)CCCCCCCCCCCCCCCC. The predicted molar refractivity (Wildman–Crippen MR) is 254 cm³/mol. The molecule has 0 bridgehead atoms. The summed E-state index contributed by atoms with van der Waals surface area (Å²) in [6.07, 6.45) is 49.6. The molecule has 0 fully saturated rings. The van der Waals surface area contributed by atoms with Gasteiger partial charge in [0.2, 0.25) is 0 Å². The van der Waals surface area contributed by atoms with E-state index in [0.29, 0.717) is 12.8 Å². The van der Waals surface area contributed by atoms with Gasteiger partial charge < -0.3 is 28.6 Å². The first-order chi connectivity index (χ1) is 29.6. The smallest absolute Gasteiger partial charge is 0.306 e. The van der Waals surface area contributed by atoms with Crippen LogP contribution < -0.4 is 5.11 Å². The second-order valence-corrected chi connectivity index (χ2v) is 19.1. The first-order valence-corrected chi connectivity index (χ1v) is 26.2. The maximum absolute atomic E-state index is 12.8. The number of unbranched alkanes of at least 4 members (excludes halogenated alkanes) is 32. The van der Waals surface area contributed by atoms with E-state index in [4.69, 9.17) is 14.2 Å². The summed E-state index contributed by atoms with van der Waals surface area (Å²) < 4.78 is 17.3. The highest BCUT2D eigenvalue weighted by Crippen LogP contribution is 2.16. The van der Waals surface area contributed by atoms with E-state index in [1.165, 1.54) is 186 Å². The van der Waals surface area contributed by atoms with Crippen molar-refractivity contribution in [1.29, 1.82) is 0 Å². The molecule has 0 aromatic carbocycles. The molecule has 0 aromatic heterocycles. The number of carbonyl (C=O) groups is 3. The number of hydrogen-bond acceptors (Lipinski definition) is 7. The lowest BCUT2D eigenvalue weighted by molar-refractivity contribution is -0.889. The summed E-state index contributed by atoms with van der Waals surface area (Å²) in [6, 6.07) is -0.722. The molecule has 0 aliphatic heterocycles. The fourth-order valence-electron chi connectivity index (χ4n) is 8.07. The molecule has 2 unspecified atom stereocenters. The molecule has 61 heavy (non-hydrogen) atoms. The number of carboxylic acid groups (broad SMARTS) is 1. The predicted octanol–water partition coefficient (Wildman–Crippen LogP) is 13.7. The minimum atomic E-state index is -1.12. The number of aliphatic carboxylic acids is 1. The quantitative estimate of drug-likeness (QED) is 0.0260. The Bertz CT molecular complexity index is 1010. The van der Waals surface area contributed by atoms with E-state index >= 15 is 0 Å². The molecule has 0 N–H and O–H groups in total. The number of rotatable bonds is 48. The molecule has 0 aliphatic carbocycles. The number of hydrogen-bond donors (Lipinski definition) is 0. The van der Waals surface area contributed by atoms with Gasteiger partial charge in [-0.15, -0.1) is 0 Å². The third kappa shape index (κ3) is 43.1. The number of ether oxygens (including phenoxy) is 3. The van der Waals surface area contributed by atoms with Gasteiger partial charge in [0, 0.05) is 19.3 Å². The first kappa shape index (κ1) is 59.1. The number of carbonyl (C=O) groups excluding carboxylic acids is 3. The van der Waals surface area contributed by atoms with Crippen LogP contribution in [0.4, 0.5) is 0 Å². The lowest BCUT2D eigenvalue weighted by atomic mass is 10.0. The van der Waals surface area contributed by atoms with Crippen LogP contribution in [0.1, 0.15) is 258 Å². The molecule has 0 heterocycles. The molecule has 0 saturated heterocycles. The zero-order valence-corrected chi connectivity index (χ0v) is 41.1. The van der Waals surface area contributed by atoms with E-state index < -0.39 is 18.1 Å². The van der Waals surface area contributed by atoms with E-state index in [0.717, 1.165) is 38.5 Å². The number of carboxylic acids is 1. The maximum Gasteiger partial charge on any atom is 0.306 e. The Balaban J connectivity index is 4.16. The van der Waals surface area contributed by atoms with Gasteiger partial charge in [-0.05, 0) is 38.5 Å². The molecule has 0 rings (SSSR count). The molecule has 0 radical (unpaired) electrons. The van der Waals surface area contributed by atoms with Gasteiger partial charge >= 0.3 is 11.9 Å². The summed E-state index contributed by atoms with van der Waals surface area (Å²) in [7, 11) is 5.43. The van der Waals surface area contributed by atoms with Gasteiger partial charge in [-0.25, -0.2) is 0 Å². The van der Waals surface area contributed by atoms with Gasteiger partial charge in [0.05, 0.1) is 40.3 Å². The third-order valence-corrected chi connectivity index (χ3v) is 12.2. The van der Waals surface area contributed by atoms with E-state index in [2.05, 4.69) is 26.0 Å². The number of allylic oxidation sites excluding steroid dienone is 2. The van der Waals surface area contributed by atoms with Crippen molar-refractivity contribution in [2.24, 2.45) is 0 Å². The summed E-state index contributed by atoms with van der Waals surface area (Å²) in [4.78, 5) is 37.0. The Hall–Kier alpha value is -1.93. The van der Waals surface area contributed by atoms with E-state index in [9.17, 15) is 19.5 Å². The normalized spacial score (nSPS) is 12.9. The molecule has 0 aromatic rings. The lowest BCUT2D eigenvalue weighted by Crippen LogP contribution is -2.55. The van der Waals surface area contributed by atoms with Crippen molar-refractivity contribution in [2.75, 3.05) is 41.0 Å². The van der Waals surface area contributed by atoms with Gasteiger partial charge in [0.1, 0.15) is 12.6 Å². The summed E-state index contributed by atoms with van der Waals surface area (Å²) >= 11 is 0. The van der Waals surface area contributed by atoms with Crippen molar-refractivity contribution in [3.8, 4) is 0 Å². The largest absolute Gasteiger partial charge is 0.544 e. The Kier molecular flexibility index (Phi) is 43.3. The van der Waals surface area contributed by atoms with Crippen molar-refractivity contribution in [2.45, 2.75) is 270 Å². The summed E-state index contributed by atoms with van der Waals surface area (Å²) in [5.41, 5.74) is 0. The molecule has 0 saturated carbocycles. The van der Waals surface area contributed by atoms with Crippen molar-refractivity contribution in [1.82, 2.24) is 0 Å². The molecule has 360 valence electrons. The lowest BCUT2D eigenvalue weighted by Gasteiger charge is -2.34. The van der Waals surface area contributed by atoms with Crippen molar-refractivity contribution >= 4 is 17.9 Å². The summed E-state index contributed by atoms with van der Waals surface area (Å²) in [5.74, 6) is -1.71. The topological polar surface area (TPSA) is 102 Å². The molecule has 0 amide bonds. The second kappa shape index (κ2) is 44.7. The number of likely N-dealkylation sites (N-methyl/N-ethyl adjacent to an activating group) is 1. The Morgan fingerprint density at radius 2 is 0.820 bits per heavy atom. The van der Waals surface area contributed by atoms with E-state index in [1.54, 1.807) is 0 Å². The summed E-state index contributed by atoms with van der Waals surface area (Å²) in [6.45, 7) is 4.71. The van der Waals surface area contributed by atoms with Crippen molar-refractivity contribution in [3.05, 3.63) is 12.2 Å². The average Bonchev–Trinajstić information content (AvgIpc) is 3.22. The molecular formula is C53H101NO7. The zero-order chi connectivity index (χ0) is 44.9. The minimum absolute atomic E-state index is 0.0469. The molecule has 0 aliphatic rings. The average molecular weight is 864 g/mol. The van der Waals surface area contributed by atoms with Gasteiger partial charge in [-0.3, -0.25) is 9.59 Å². The Morgan fingerprint density at radius 1 is 0.475 bits per heavy atom. The summed E-state index contributed by atoms with van der Waals surface area (Å²) in [5, 5.41) is 11.7. The standard InChI is InChI=1S/C53H101NO7/c1-6-8-10-12-14-16-18-20-22-23-24-25-26-27-28-29-30-32-34-36-38-40-42-44-52(56)61-49(47-59-46-45-50(53(57)58)54(3,4)5)48-60-51(55)43-41-39-37-35-33-31-21-19-17-15-13-11-9-7-2/h23-24,49-50H,6-22,25-48H2,1-5H3/b24-23-. The zero-order valence-electron chi connectivity index (χ0n) is 41.1. The third-order valence-electron chi connectivity index (χ3n) is 12.2. The Morgan fingerprint density at radius 3 is 1.18 bits per heavy atom. The molecule has 0 spiro atoms. The van der Waals surface area contributed by atoms with Crippen LogP contribution in [0.2, 0.25) is 0 Å². The van der Waals surface area contributed by atoms with E-state index in [1.807, 2.05) is 21.1 Å². The van der Waals surface area contributed by atoms with Gasteiger partial charge in [-0.2, -0.15) is 0 Å². The van der Waals surface area contributed by atoms with Crippen LogP contribution >= 0.6 is 0 Å². The maximum atomic E-state index is 12.8. The number of quaternary nitrogens is 1. The fourth-order valence-corrected chi connectivity index (χ4v) is 8.07. The Labute approximate surface area is 378 Å². The molecule has 8 heteroatoms. The highest BCUT2D eigenvalue weighted by atomic mass is 16.6. The van der Waals surface area contributed by atoms with Crippen LogP contribution in [-0.4, -0.2) is 75.5 Å². The van der Waals surface area contributed by atoms with Crippen LogP contribution in [0, 0.1) is 0 Å². The highest BCUT2D eigenvalue weighted by Gasteiger charge is 2.25. The fraction of sp³-hybridized carbons (Fsp3) is 0.906.